The van der Waals surface area contributed by atoms with Crippen LogP contribution in [0.4, 0.5) is 0 Å². The monoisotopic (exact) mass is 519 g/mol. The number of amides is 1. The van der Waals surface area contributed by atoms with Crippen LogP contribution in [0.1, 0.15) is 41.8 Å². The van der Waals surface area contributed by atoms with Crippen LogP contribution in [0, 0.1) is 0 Å². The van der Waals surface area contributed by atoms with Gasteiger partial charge < -0.3 is 24.3 Å². The molecule has 1 unspecified atom stereocenters. The zero-order valence-electron chi connectivity index (χ0n) is 22.7. The van der Waals surface area contributed by atoms with E-state index in [4.69, 9.17) is 18.9 Å². The maximum absolute atomic E-state index is 13.0. The average Bonchev–Trinajstić information content (AvgIpc) is 2.96. The molecule has 8 heteroatoms. The summed E-state index contributed by atoms with van der Waals surface area (Å²) in [7, 11) is 4.94. The molecule has 3 aromatic rings. The molecule has 1 atom stereocenters. The minimum Gasteiger partial charge on any atom is -0.493 e. The fourth-order valence-electron chi connectivity index (χ4n) is 4.84. The van der Waals surface area contributed by atoms with Crippen LogP contribution < -0.4 is 24.3 Å². The van der Waals surface area contributed by atoms with E-state index in [2.05, 4.69) is 34.3 Å². The Hall–Kier alpha value is -3.78. The highest BCUT2D eigenvalue weighted by molar-refractivity contribution is 5.78. The van der Waals surface area contributed by atoms with E-state index in [9.17, 15) is 4.79 Å². The SMILES string of the molecule is CCCOc1cc2c(cc1OC)CCN(CC(=O)NCc1ccccn1)C2Cc1ccc(OC)c(OC)c1. The van der Waals surface area contributed by atoms with Gasteiger partial charge in [-0.15, -0.1) is 0 Å². The Kier molecular flexibility index (Phi) is 9.43. The first-order valence-corrected chi connectivity index (χ1v) is 13.0. The van der Waals surface area contributed by atoms with E-state index < -0.39 is 0 Å². The number of pyridine rings is 1. The van der Waals surface area contributed by atoms with Gasteiger partial charge in [0.1, 0.15) is 0 Å². The molecule has 2 aromatic carbocycles. The molecular weight excluding hydrogens is 482 g/mol. The summed E-state index contributed by atoms with van der Waals surface area (Å²) in [5, 5.41) is 3.02. The molecule has 0 aliphatic carbocycles. The van der Waals surface area contributed by atoms with Crippen molar-refractivity contribution in [2.75, 3.05) is 41.0 Å². The Balaban J connectivity index is 1.62. The average molecular weight is 520 g/mol. The Labute approximate surface area is 224 Å². The minimum absolute atomic E-state index is 0.0348. The van der Waals surface area contributed by atoms with E-state index >= 15 is 0 Å². The summed E-state index contributed by atoms with van der Waals surface area (Å²) in [5.41, 5.74) is 4.28. The fourth-order valence-corrected chi connectivity index (χ4v) is 4.84. The van der Waals surface area contributed by atoms with E-state index in [0.717, 1.165) is 47.7 Å². The predicted octanol–water partition coefficient (Wildman–Crippen LogP) is 4.35. The van der Waals surface area contributed by atoms with Crippen molar-refractivity contribution in [3.8, 4) is 23.0 Å². The van der Waals surface area contributed by atoms with Gasteiger partial charge in [-0.3, -0.25) is 14.7 Å². The fraction of sp³-hybridized carbons (Fsp3) is 0.400. The summed E-state index contributed by atoms with van der Waals surface area (Å²) < 4.78 is 22.7. The van der Waals surface area contributed by atoms with Crippen LogP contribution in [0.3, 0.4) is 0 Å². The number of aromatic nitrogens is 1. The first kappa shape index (κ1) is 27.3. The summed E-state index contributed by atoms with van der Waals surface area (Å²) in [4.78, 5) is 19.6. The number of nitrogens with zero attached hydrogens (tertiary/aromatic N) is 2. The molecule has 1 amide bonds. The third kappa shape index (κ3) is 6.55. The quantitative estimate of drug-likeness (QED) is 0.381. The second-order valence-corrected chi connectivity index (χ2v) is 9.28. The molecule has 0 spiro atoms. The predicted molar refractivity (Wildman–Crippen MR) is 146 cm³/mol. The summed E-state index contributed by atoms with van der Waals surface area (Å²) >= 11 is 0. The number of carbonyl (C=O) groups excluding carboxylic acids is 1. The molecule has 2 heterocycles. The normalized spacial score (nSPS) is 14.9. The lowest BCUT2D eigenvalue weighted by Crippen LogP contribution is -2.43. The summed E-state index contributed by atoms with van der Waals surface area (Å²) in [6.07, 6.45) is 4.14. The highest BCUT2D eigenvalue weighted by Gasteiger charge is 2.31. The third-order valence-corrected chi connectivity index (χ3v) is 6.77. The number of hydrogen-bond acceptors (Lipinski definition) is 7. The van der Waals surface area contributed by atoms with Crippen molar-refractivity contribution in [1.82, 2.24) is 15.2 Å². The van der Waals surface area contributed by atoms with Crippen LogP contribution >= 0.6 is 0 Å². The zero-order chi connectivity index (χ0) is 26.9. The molecule has 0 bridgehead atoms. The Bertz CT molecular complexity index is 1220. The van der Waals surface area contributed by atoms with Gasteiger partial charge in [0.25, 0.3) is 0 Å². The third-order valence-electron chi connectivity index (χ3n) is 6.77. The van der Waals surface area contributed by atoms with E-state index in [0.29, 0.717) is 31.1 Å². The second kappa shape index (κ2) is 13.1. The first-order valence-electron chi connectivity index (χ1n) is 13.0. The Morgan fingerprint density at radius 1 is 1.00 bits per heavy atom. The molecule has 4 rings (SSSR count). The van der Waals surface area contributed by atoms with Crippen molar-refractivity contribution in [2.24, 2.45) is 0 Å². The van der Waals surface area contributed by atoms with E-state index in [-0.39, 0.29) is 18.5 Å². The smallest absolute Gasteiger partial charge is 0.234 e. The summed E-state index contributed by atoms with van der Waals surface area (Å²) in [6.45, 7) is 4.11. The van der Waals surface area contributed by atoms with Crippen LogP contribution in [-0.2, 0) is 24.2 Å². The van der Waals surface area contributed by atoms with Crippen LogP contribution in [-0.4, -0.2) is 56.8 Å². The van der Waals surface area contributed by atoms with Gasteiger partial charge in [0, 0.05) is 18.8 Å². The molecular formula is C30H37N3O5. The van der Waals surface area contributed by atoms with Gasteiger partial charge in [-0.1, -0.05) is 19.1 Å². The largest absolute Gasteiger partial charge is 0.493 e. The molecule has 1 N–H and O–H groups in total. The molecule has 8 nitrogen and oxygen atoms in total. The van der Waals surface area contributed by atoms with E-state index in [1.165, 1.54) is 5.56 Å². The van der Waals surface area contributed by atoms with Crippen molar-refractivity contribution in [2.45, 2.75) is 38.8 Å². The van der Waals surface area contributed by atoms with Crippen molar-refractivity contribution < 1.29 is 23.7 Å². The van der Waals surface area contributed by atoms with Gasteiger partial charge in [0.15, 0.2) is 23.0 Å². The highest BCUT2D eigenvalue weighted by atomic mass is 16.5. The molecule has 1 aliphatic heterocycles. The van der Waals surface area contributed by atoms with Gasteiger partial charge in [-0.05, 0) is 72.4 Å². The molecule has 0 radical (unpaired) electrons. The van der Waals surface area contributed by atoms with E-state index in [1.54, 1.807) is 27.5 Å². The number of nitrogens with one attached hydrogen (secondary N) is 1. The first-order chi connectivity index (χ1) is 18.6. The molecule has 202 valence electrons. The molecule has 1 aromatic heterocycles. The minimum atomic E-state index is -0.0349. The lowest BCUT2D eigenvalue weighted by atomic mass is 9.88. The molecule has 0 saturated carbocycles. The number of hydrogen-bond donors (Lipinski definition) is 1. The van der Waals surface area contributed by atoms with Gasteiger partial charge in [-0.2, -0.15) is 0 Å². The van der Waals surface area contributed by atoms with Crippen LogP contribution in [0.2, 0.25) is 0 Å². The zero-order valence-corrected chi connectivity index (χ0v) is 22.7. The van der Waals surface area contributed by atoms with Gasteiger partial charge in [0.2, 0.25) is 5.91 Å². The molecule has 38 heavy (non-hydrogen) atoms. The maximum atomic E-state index is 13.0. The maximum Gasteiger partial charge on any atom is 0.234 e. The number of fused-ring (bicyclic) bond motifs is 1. The van der Waals surface area contributed by atoms with E-state index in [1.807, 2.05) is 36.4 Å². The topological polar surface area (TPSA) is 82.2 Å². The van der Waals surface area contributed by atoms with Gasteiger partial charge >= 0.3 is 0 Å². The lowest BCUT2D eigenvalue weighted by molar-refractivity contribution is -0.123. The number of rotatable bonds is 12. The highest BCUT2D eigenvalue weighted by Crippen LogP contribution is 2.40. The number of ether oxygens (including phenoxy) is 4. The van der Waals surface area contributed by atoms with Crippen molar-refractivity contribution >= 4 is 5.91 Å². The Morgan fingerprint density at radius 3 is 2.50 bits per heavy atom. The molecule has 0 saturated heterocycles. The molecule has 1 aliphatic rings. The second-order valence-electron chi connectivity index (χ2n) is 9.28. The van der Waals surface area contributed by atoms with Crippen molar-refractivity contribution in [1.29, 1.82) is 0 Å². The van der Waals surface area contributed by atoms with Crippen molar-refractivity contribution in [3.63, 3.8) is 0 Å². The lowest BCUT2D eigenvalue weighted by Gasteiger charge is -2.37. The number of methoxy groups -OCH3 is 3. The number of benzene rings is 2. The molecule has 0 fully saturated rings. The van der Waals surface area contributed by atoms with Crippen LogP contribution in [0.25, 0.3) is 0 Å². The summed E-state index contributed by atoms with van der Waals surface area (Å²) in [6, 6.07) is 15.8. The Morgan fingerprint density at radius 2 is 1.79 bits per heavy atom. The van der Waals surface area contributed by atoms with Crippen LogP contribution in [0.5, 0.6) is 23.0 Å². The van der Waals surface area contributed by atoms with Crippen LogP contribution in [0.15, 0.2) is 54.7 Å². The van der Waals surface area contributed by atoms with Gasteiger partial charge in [-0.25, -0.2) is 0 Å². The van der Waals surface area contributed by atoms with Crippen molar-refractivity contribution in [3.05, 3.63) is 77.1 Å². The standard InChI is InChI=1S/C30H37N3O5/c1-5-14-38-29-18-24-22(17-28(29)37-4)11-13-33(20-30(34)32-19-23-8-6-7-12-31-23)25(24)15-21-9-10-26(35-2)27(16-21)36-3/h6-10,12,16-18,25H,5,11,13-15,19-20H2,1-4H3,(H,32,34). The van der Waals surface area contributed by atoms with Gasteiger partial charge in [0.05, 0.1) is 46.7 Å². The summed E-state index contributed by atoms with van der Waals surface area (Å²) in [5.74, 6) is 2.80. The number of carbonyl (C=O) groups is 1.